The summed E-state index contributed by atoms with van der Waals surface area (Å²) < 4.78 is 29.6. The summed E-state index contributed by atoms with van der Waals surface area (Å²) >= 11 is 0. The molecule has 0 atom stereocenters. The fourth-order valence-corrected chi connectivity index (χ4v) is 3.77. The van der Waals surface area contributed by atoms with Gasteiger partial charge < -0.3 is 15.6 Å². The van der Waals surface area contributed by atoms with Crippen LogP contribution in [0, 0.1) is 0 Å². The number of aromatic hydroxyl groups is 1. The number of rotatable bonds is 3. The standard InChI is InChI=1S/C15H13NO4S/c16-11-4-3-7-14-15(11)10(9-21(14,18)19)8-20-13-6-2-1-5-12(13)17/h1-7,9,17H,8,16H2. The quantitative estimate of drug-likeness (QED) is 0.848. The molecule has 108 valence electrons. The fraction of sp³-hybridized carbons (Fsp3) is 0.0667. The van der Waals surface area contributed by atoms with E-state index in [0.29, 0.717) is 22.6 Å². The minimum Gasteiger partial charge on any atom is -0.504 e. The first-order chi connectivity index (χ1) is 9.99. The fourth-order valence-electron chi connectivity index (χ4n) is 2.28. The third-order valence-corrected chi connectivity index (χ3v) is 4.78. The van der Waals surface area contributed by atoms with Crippen molar-refractivity contribution >= 4 is 21.1 Å². The van der Waals surface area contributed by atoms with Gasteiger partial charge in [0.25, 0.3) is 0 Å². The van der Waals surface area contributed by atoms with Gasteiger partial charge in [0.15, 0.2) is 11.5 Å². The molecule has 5 nitrogen and oxygen atoms in total. The van der Waals surface area contributed by atoms with Gasteiger partial charge in [0.1, 0.15) is 6.61 Å². The highest BCUT2D eigenvalue weighted by Gasteiger charge is 2.28. The largest absolute Gasteiger partial charge is 0.504 e. The number of ether oxygens (including phenoxy) is 1. The van der Waals surface area contributed by atoms with Gasteiger partial charge in [0.05, 0.1) is 4.90 Å². The maximum atomic E-state index is 12.1. The molecule has 6 heteroatoms. The molecule has 0 radical (unpaired) electrons. The minimum atomic E-state index is -3.48. The molecule has 0 saturated heterocycles. The number of nitrogen functional groups attached to an aromatic ring is 1. The van der Waals surface area contributed by atoms with Gasteiger partial charge in [-0.15, -0.1) is 0 Å². The SMILES string of the molecule is Nc1cccc2c1C(COc1ccccc1O)=CS2(=O)=O. The van der Waals surface area contributed by atoms with Gasteiger partial charge in [-0.25, -0.2) is 8.42 Å². The van der Waals surface area contributed by atoms with Crippen molar-refractivity contribution in [1.29, 1.82) is 0 Å². The second-order valence-electron chi connectivity index (χ2n) is 4.66. The Bertz CT molecular complexity index is 841. The summed E-state index contributed by atoms with van der Waals surface area (Å²) in [6.07, 6.45) is 0. The molecule has 0 fully saturated rings. The summed E-state index contributed by atoms with van der Waals surface area (Å²) in [4.78, 5) is 0.193. The first kappa shape index (κ1) is 13.5. The second-order valence-corrected chi connectivity index (χ2v) is 6.43. The number of phenols is 1. The van der Waals surface area contributed by atoms with Crippen molar-refractivity contribution in [2.75, 3.05) is 12.3 Å². The van der Waals surface area contributed by atoms with Crippen molar-refractivity contribution in [3.05, 3.63) is 53.4 Å². The molecule has 0 saturated carbocycles. The molecule has 3 N–H and O–H groups in total. The number of anilines is 1. The third kappa shape index (κ3) is 2.34. The molecule has 1 heterocycles. The van der Waals surface area contributed by atoms with Crippen LogP contribution < -0.4 is 10.5 Å². The Balaban J connectivity index is 1.94. The monoisotopic (exact) mass is 303 g/mol. The first-order valence-corrected chi connectivity index (χ1v) is 7.79. The molecule has 2 aromatic rings. The summed E-state index contributed by atoms with van der Waals surface area (Å²) in [5.74, 6) is 0.291. The number of hydrogen-bond donors (Lipinski definition) is 2. The predicted molar refractivity (Wildman–Crippen MR) is 79.6 cm³/mol. The third-order valence-electron chi connectivity index (χ3n) is 3.23. The van der Waals surface area contributed by atoms with Gasteiger partial charge in [-0.2, -0.15) is 0 Å². The lowest BCUT2D eigenvalue weighted by atomic mass is 10.1. The highest BCUT2D eigenvalue weighted by molar-refractivity contribution is 7.95. The maximum Gasteiger partial charge on any atom is 0.200 e. The van der Waals surface area contributed by atoms with Gasteiger partial charge in [0.2, 0.25) is 9.84 Å². The molecule has 0 spiro atoms. The van der Waals surface area contributed by atoms with Gasteiger partial charge in [-0.1, -0.05) is 18.2 Å². The van der Waals surface area contributed by atoms with Crippen molar-refractivity contribution in [2.24, 2.45) is 0 Å². The van der Waals surface area contributed by atoms with Crippen LogP contribution in [-0.2, 0) is 9.84 Å². The molecule has 0 bridgehead atoms. The van der Waals surface area contributed by atoms with Gasteiger partial charge >= 0.3 is 0 Å². The summed E-state index contributed by atoms with van der Waals surface area (Å²) in [5.41, 5.74) is 7.22. The number of para-hydroxylation sites is 2. The zero-order chi connectivity index (χ0) is 15.0. The summed E-state index contributed by atoms with van der Waals surface area (Å²) in [7, 11) is -3.48. The van der Waals surface area contributed by atoms with Crippen molar-refractivity contribution in [2.45, 2.75) is 4.90 Å². The Morgan fingerprint density at radius 2 is 1.86 bits per heavy atom. The molecule has 1 aliphatic heterocycles. The summed E-state index contributed by atoms with van der Waals surface area (Å²) in [6, 6.07) is 11.3. The number of nitrogens with two attached hydrogens (primary N) is 1. The van der Waals surface area contributed by atoms with Crippen LogP contribution in [0.1, 0.15) is 5.56 Å². The average molecular weight is 303 g/mol. The molecule has 0 unspecified atom stereocenters. The smallest absolute Gasteiger partial charge is 0.200 e. The number of fused-ring (bicyclic) bond motifs is 1. The van der Waals surface area contributed by atoms with Crippen LogP contribution in [0.2, 0.25) is 0 Å². The van der Waals surface area contributed by atoms with E-state index in [2.05, 4.69) is 0 Å². The number of benzene rings is 2. The summed E-state index contributed by atoms with van der Waals surface area (Å²) in [5, 5.41) is 10.8. The van der Waals surface area contributed by atoms with E-state index in [0.717, 1.165) is 5.41 Å². The molecule has 2 aromatic carbocycles. The minimum absolute atomic E-state index is 0.000196. The lowest BCUT2D eigenvalue weighted by molar-refractivity contribution is 0.341. The highest BCUT2D eigenvalue weighted by Crippen LogP contribution is 2.37. The second kappa shape index (κ2) is 4.82. The van der Waals surface area contributed by atoms with E-state index in [4.69, 9.17) is 10.5 Å². The van der Waals surface area contributed by atoms with Gasteiger partial charge in [-0.05, 0) is 24.3 Å². The summed E-state index contributed by atoms with van der Waals surface area (Å²) in [6.45, 7) is 0.0119. The van der Waals surface area contributed by atoms with Crippen molar-refractivity contribution in [3.8, 4) is 11.5 Å². The Hall–Kier alpha value is -2.47. The van der Waals surface area contributed by atoms with E-state index in [9.17, 15) is 13.5 Å². The van der Waals surface area contributed by atoms with Crippen molar-refractivity contribution in [1.82, 2.24) is 0 Å². The number of sulfone groups is 1. The van der Waals surface area contributed by atoms with Crippen LogP contribution in [0.5, 0.6) is 11.5 Å². The topological polar surface area (TPSA) is 89.6 Å². The molecular weight excluding hydrogens is 290 g/mol. The van der Waals surface area contributed by atoms with E-state index in [1.54, 1.807) is 30.3 Å². The Morgan fingerprint density at radius 1 is 1.10 bits per heavy atom. The molecule has 0 amide bonds. The van der Waals surface area contributed by atoms with Crippen LogP contribution in [0.25, 0.3) is 5.57 Å². The number of hydrogen-bond acceptors (Lipinski definition) is 5. The normalized spacial score (nSPS) is 15.3. The van der Waals surface area contributed by atoms with E-state index < -0.39 is 9.84 Å². The van der Waals surface area contributed by atoms with Gasteiger partial charge in [-0.3, -0.25) is 0 Å². The van der Waals surface area contributed by atoms with Crippen LogP contribution in [0.15, 0.2) is 52.8 Å². The van der Waals surface area contributed by atoms with Crippen molar-refractivity contribution < 1.29 is 18.3 Å². The van der Waals surface area contributed by atoms with E-state index in [-0.39, 0.29) is 17.3 Å². The van der Waals surface area contributed by atoms with Crippen LogP contribution in [0.3, 0.4) is 0 Å². The molecule has 0 aliphatic carbocycles. The Labute approximate surface area is 122 Å². The molecule has 21 heavy (non-hydrogen) atoms. The van der Waals surface area contributed by atoms with Gasteiger partial charge in [0, 0.05) is 22.2 Å². The first-order valence-electron chi connectivity index (χ1n) is 6.24. The Morgan fingerprint density at radius 3 is 2.62 bits per heavy atom. The van der Waals surface area contributed by atoms with E-state index in [1.807, 2.05) is 0 Å². The molecule has 0 aromatic heterocycles. The van der Waals surface area contributed by atoms with Crippen LogP contribution in [0.4, 0.5) is 5.69 Å². The molecule has 1 aliphatic rings. The Kier molecular flexibility index (Phi) is 3.10. The zero-order valence-corrected chi connectivity index (χ0v) is 11.8. The lowest BCUT2D eigenvalue weighted by Crippen LogP contribution is -2.02. The van der Waals surface area contributed by atoms with Crippen molar-refractivity contribution in [3.63, 3.8) is 0 Å². The van der Waals surface area contributed by atoms with Crippen LogP contribution >= 0.6 is 0 Å². The lowest BCUT2D eigenvalue weighted by Gasteiger charge is -2.10. The maximum absolute atomic E-state index is 12.1. The number of phenolic OH excluding ortho intramolecular Hbond substituents is 1. The van der Waals surface area contributed by atoms with E-state index >= 15 is 0 Å². The predicted octanol–water partition coefficient (Wildman–Crippen LogP) is 2.18. The van der Waals surface area contributed by atoms with E-state index in [1.165, 1.54) is 12.1 Å². The highest BCUT2D eigenvalue weighted by atomic mass is 32.2. The zero-order valence-electron chi connectivity index (χ0n) is 11.0. The molecule has 3 rings (SSSR count). The van der Waals surface area contributed by atoms with Crippen LogP contribution in [-0.4, -0.2) is 20.1 Å². The average Bonchev–Trinajstić information content (AvgIpc) is 2.71. The molecular formula is C15H13NO4S.